The predicted molar refractivity (Wildman–Crippen MR) is 93.4 cm³/mol. The van der Waals surface area contributed by atoms with Gasteiger partial charge in [0, 0.05) is 30.8 Å². The number of hydrogen-bond acceptors (Lipinski definition) is 5. The molecule has 4 heterocycles. The first-order chi connectivity index (χ1) is 12.8. The maximum Gasteiger partial charge on any atom is 0.254 e. The van der Waals surface area contributed by atoms with Crippen molar-refractivity contribution in [2.75, 3.05) is 19.9 Å². The third kappa shape index (κ3) is 2.47. The predicted octanol–water partition coefficient (Wildman–Crippen LogP) is 2.48. The van der Waals surface area contributed by atoms with Gasteiger partial charge in [0.15, 0.2) is 17.1 Å². The molecule has 0 bridgehead atoms. The molecule has 7 heteroatoms. The molecule has 0 saturated carbocycles. The first-order valence-electron chi connectivity index (χ1n) is 8.78. The van der Waals surface area contributed by atoms with Crippen LogP contribution in [0, 0.1) is 0 Å². The summed E-state index contributed by atoms with van der Waals surface area (Å²) in [6.07, 6.45) is 3.92. The van der Waals surface area contributed by atoms with E-state index in [-0.39, 0.29) is 18.6 Å². The van der Waals surface area contributed by atoms with E-state index in [9.17, 15) is 4.79 Å². The Labute approximate surface area is 150 Å². The molecule has 132 valence electrons. The topological polar surface area (TPSA) is 69.0 Å². The molecule has 0 spiro atoms. The molecule has 26 heavy (non-hydrogen) atoms. The van der Waals surface area contributed by atoms with Crippen LogP contribution in [0.1, 0.15) is 34.9 Å². The molecule has 0 aliphatic carbocycles. The lowest BCUT2D eigenvalue weighted by Gasteiger charge is -2.32. The van der Waals surface area contributed by atoms with Crippen molar-refractivity contribution in [2.45, 2.75) is 18.8 Å². The fourth-order valence-electron chi connectivity index (χ4n) is 3.72. The average molecular weight is 350 g/mol. The third-order valence-corrected chi connectivity index (χ3v) is 5.03. The SMILES string of the molecule is O=C(c1ccc2c(c1)OCO2)N1CCC[C@@H](c2nnc3ccccn23)C1. The number of piperidine rings is 1. The minimum absolute atomic E-state index is 0.0156. The first kappa shape index (κ1) is 15.2. The Bertz CT molecular complexity index is 984. The monoisotopic (exact) mass is 350 g/mol. The van der Waals surface area contributed by atoms with Crippen molar-refractivity contribution in [1.29, 1.82) is 0 Å². The first-order valence-corrected chi connectivity index (χ1v) is 8.78. The lowest BCUT2D eigenvalue weighted by Crippen LogP contribution is -2.39. The van der Waals surface area contributed by atoms with Crippen LogP contribution in [0.25, 0.3) is 5.65 Å². The number of carbonyl (C=O) groups excluding carboxylic acids is 1. The summed E-state index contributed by atoms with van der Waals surface area (Å²) in [7, 11) is 0. The minimum Gasteiger partial charge on any atom is -0.454 e. The highest BCUT2D eigenvalue weighted by Gasteiger charge is 2.29. The molecular weight excluding hydrogens is 332 g/mol. The highest BCUT2D eigenvalue weighted by molar-refractivity contribution is 5.95. The molecule has 5 rings (SSSR count). The van der Waals surface area contributed by atoms with Gasteiger partial charge in [-0.1, -0.05) is 6.07 Å². The fraction of sp³-hybridized carbons (Fsp3) is 0.316. The zero-order chi connectivity index (χ0) is 17.5. The number of nitrogens with zero attached hydrogens (tertiary/aromatic N) is 4. The van der Waals surface area contributed by atoms with Crippen molar-refractivity contribution in [3.63, 3.8) is 0 Å². The van der Waals surface area contributed by atoms with Crippen LogP contribution in [-0.2, 0) is 0 Å². The summed E-state index contributed by atoms with van der Waals surface area (Å²) in [5, 5.41) is 8.61. The molecule has 0 unspecified atom stereocenters. The molecule has 1 fully saturated rings. The normalized spacial score (nSPS) is 19.1. The Morgan fingerprint density at radius 3 is 3.00 bits per heavy atom. The van der Waals surface area contributed by atoms with Gasteiger partial charge < -0.3 is 14.4 Å². The molecule has 2 aliphatic rings. The second-order valence-corrected chi connectivity index (χ2v) is 6.65. The van der Waals surface area contributed by atoms with Crippen LogP contribution < -0.4 is 9.47 Å². The summed E-state index contributed by atoms with van der Waals surface area (Å²) in [5.41, 5.74) is 1.46. The van der Waals surface area contributed by atoms with Gasteiger partial charge in [-0.3, -0.25) is 9.20 Å². The van der Waals surface area contributed by atoms with Crippen LogP contribution in [0.2, 0.25) is 0 Å². The van der Waals surface area contributed by atoms with Crippen LogP contribution in [-0.4, -0.2) is 45.3 Å². The van der Waals surface area contributed by atoms with E-state index in [1.807, 2.05) is 33.7 Å². The lowest BCUT2D eigenvalue weighted by atomic mass is 9.96. The zero-order valence-corrected chi connectivity index (χ0v) is 14.2. The summed E-state index contributed by atoms with van der Waals surface area (Å²) >= 11 is 0. The van der Waals surface area contributed by atoms with Crippen LogP contribution in [0.4, 0.5) is 0 Å². The van der Waals surface area contributed by atoms with E-state index in [0.717, 1.165) is 30.9 Å². The maximum atomic E-state index is 13.0. The molecule has 1 atom stereocenters. The molecule has 2 aliphatic heterocycles. The van der Waals surface area contributed by atoms with Crippen molar-refractivity contribution in [3.8, 4) is 11.5 Å². The fourth-order valence-corrected chi connectivity index (χ4v) is 3.72. The molecule has 0 radical (unpaired) electrons. The largest absolute Gasteiger partial charge is 0.454 e. The number of aromatic nitrogens is 3. The summed E-state index contributed by atoms with van der Waals surface area (Å²) in [5.74, 6) is 2.44. The second kappa shape index (κ2) is 6.01. The van der Waals surface area contributed by atoms with Gasteiger partial charge in [0.25, 0.3) is 5.91 Å². The Morgan fingerprint density at radius 1 is 1.12 bits per heavy atom. The van der Waals surface area contributed by atoms with E-state index in [1.54, 1.807) is 18.2 Å². The Hall–Kier alpha value is -3.09. The molecule has 1 amide bonds. The van der Waals surface area contributed by atoms with Gasteiger partial charge in [-0.2, -0.15) is 0 Å². The molecule has 7 nitrogen and oxygen atoms in total. The number of benzene rings is 1. The second-order valence-electron chi connectivity index (χ2n) is 6.65. The van der Waals surface area contributed by atoms with Gasteiger partial charge in [0.05, 0.1) is 0 Å². The van der Waals surface area contributed by atoms with Crippen LogP contribution in [0.3, 0.4) is 0 Å². The number of hydrogen-bond donors (Lipinski definition) is 0. The Kier molecular flexibility index (Phi) is 3.51. The molecular formula is C19H18N4O3. The smallest absolute Gasteiger partial charge is 0.254 e. The van der Waals surface area contributed by atoms with Gasteiger partial charge in [0.2, 0.25) is 6.79 Å². The quantitative estimate of drug-likeness (QED) is 0.710. The summed E-state index contributed by atoms with van der Waals surface area (Å²) in [6.45, 7) is 1.60. The van der Waals surface area contributed by atoms with E-state index >= 15 is 0 Å². The van der Waals surface area contributed by atoms with Gasteiger partial charge in [-0.05, 0) is 43.2 Å². The van der Waals surface area contributed by atoms with Crippen LogP contribution in [0.15, 0.2) is 42.6 Å². The van der Waals surface area contributed by atoms with Crippen molar-refractivity contribution >= 4 is 11.6 Å². The lowest BCUT2D eigenvalue weighted by molar-refractivity contribution is 0.0703. The number of likely N-dealkylation sites (tertiary alicyclic amines) is 1. The van der Waals surface area contributed by atoms with Gasteiger partial charge in [0.1, 0.15) is 5.82 Å². The summed E-state index contributed by atoms with van der Waals surface area (Å²) in [4.78, 5) is 14.9. The average Bonchev–Trinajstić information content (AvgIpc) is 3.33. The van der Waals surface area contributed by atoms with Gasteiger partial charge >= 0.3 is 0 Å². The molecule has 1 saturated heterocycles. The van der Waals surface area contributed by atoms with E-state index in [4.69, 9.17) is 9.47 Å². The van der Waals surface area contributed by atoms with Crippen LogP contribution in [0.5, 0.6) is 11.5 Å². The molecule has 0 N–H and O–H groups in total. The number of ether oxygens (including phenoxy) is 2. The van der Waals surface area contributed by atoms with Crippen molar-refractivity contribution in [3.05, 3.63) is 54.0 Å². The third-order valence-electron chi connectivity index (χ3n) is 5.03. The van der Waals surface area contributed by atoms with Crippen molar-refractivity contribution in [1.82, 2.24) is 19.5 Å². The molecule has 3 aromatic rings. The minimum atomic E-state index is 0.0156. The van der Waals surface area contributed by atoms with Gasteiger partial charge in [-0.15, -0.1) is 10.2 Å². The van der Waals surface area contributed by atoms with Crippen LogP contribution >= 0.6 is 0 Å². The number of pyridine rings is 1. The standard InChI is InChI=1S/C19H18N4O3/c24-19(13-6-7-15-16(10-13)26-12-25-15)22-8-3-4-14(11-22)18-21-20-17-5-1-2-9-23(17)18/h1-2,5-7,9-10,14H,3-4,8,11-12H2/t14-/m1/s1. The van der Waals surface area contributed by atoms with E-state index in [2.05, 4.69) is 10.2 Å². The highest BCUT2D eigenvalue weighted by atomic mass is 16.7. The summed E-state index contributed by atoms with van der Waals surface area (Å²) < 4.78 is 12.7. The van der Waals surface area contributed by atoms with E-state index in [1.165, 1.54) is 0 Å². The van der Waals surface area contributed by atoms with E-state index in [0.29, 0.717) is 23.6 Å². The number of carbonyl (C=O) groups is 1. The highest BCUT2D eigenvalue weighted by Crippen LogP contribution is 2.33. The van der Waals surface area contributed by atoms with Gasteiger partial charge in [-0.25, -0.2) is 0 Å². The van der Waals surface area contributed by atoms with Crippen molar-refractivity contribution in [2.24, 2.45) is 0 Å². The molecule has 1 aromatic carbocycles. The Balaban J connectivity index is 1.39. The number of fused-ring (bicyclic) bond motifs is 2. The zero-order valence-electron chi connectivity index (χ0n) is 14.2. The Morgan fingerprint density at radius 2 is 2.04 bits per heavy atom. The number of amides is 1. The summed E-state index contributed by atoms with van der Waals surface area (Å²) in [6, 6.07) is 11.2. The van der Waals surface area contributed by atoms with E-state index < -0.39 is 0 Å². The maximum absolute atomic E-state index is 13.0. The van der Waals surface area contributed by atoms with Crippen molar-refractivity contribution < 1.29 is 14.3 Å². The number of rotatable bonds is 2. The molecule has 2 aromatic heterocycles.